The Hall–Kier alpha value is -4.02. The average molecular weight is 489 g/mol. The maximum absolute atomic E-state index is 13.0. The van der Waals surface area contributed by atoms with E-state index in [2.05, 4.69) is 16.6 Å². The average Bonchev–Trinajstić information content (AvgIpc) is 3.54. The van der Waals surface area contributed by atoms with Crippen molar-refractivity contribution < 1.29 is 14.1 Å². The molecule has 2 aromatic heterocycles. The molecule has 3 heterocycles. The van der Waals surface area contributed by atoms with Crippen LogP contribution in [0.15, 0.2) is 87.6 Å². The number of thioether (sulfide) groups is 1. The van der Waals surface area contributed by atoms with Crippen LogP contribution in [0.4, 0.5) is 10.8 Å². The van der Waals surface area contributed by atoms with E-state index in [-0.39, 0.29) is 11.6 Å². The van der Waals surface area contributed by atoms with Crippen LogP contribution in [0.5, 0.6) is 0 Å². The summed E-state index contributed by atoms with van der Waals surface area (Å²) >= 11 is 2.71. The van der Waals surface area contributed by atoms with Crippen molar-refractivity contribution in [3.8, 4) is 11.3 Å². The lowest BCUT2D eigenvalue weighted by Gasteiger charge is -2.11. The largest absolute Gasteiger partial charge is 0.457 e. The molecule has 2 aromatic carbocycles. The molecule has 0 radical (unpaired) electrons. The molecule has 0 aliphatic carbocycles. The first-order chi connectivity index (χ1) is 16.5. The predicted molar refractivity (Wildman–Crippen MR) is 135 cm³/mol. The summed E-state index contributed by atoms with van der Waals surface area (Å²) in [6, 6.07) is 17.4. The molecule has 0 unspecified atom stereocenters. The zero-order chi connectivity index (χ0) is 23.7. The van der Waals surface area contributed by atoms with Crippen molar-refractivity contribution in [2.75, 3.05) is 6.54 Å². The normalized spacial score (nSPS) is 16.1. The van der Waals surface area contributed by atoms with Gasteiger partial charge in [0, 0.05) is 30.3 Å². The van der Waals surface area contributed by atoms with Gasteiger partial charge < -0.3 is 4.42 Å². The molecule has 1 aliphatic rings. The molecule has 10 heteroatoms. The van der Waals surface area contributed by atoms with E-state index in [9.17, 15) is 14.9 Å². The Kier molecular flexibility index (Phi) is 5.83. The molecule has 0 bridgehead atoms. The number of non-ortho nitro benzene ring substituents is 1. The summed E-state index contributed by atoms with van der Waals surface area (Å²) in [7, 11) is 0. The van der Waals surface area contributed by atoms with Gasteiger partial charge in [0.2, 0.25) is 5.13 Å². The van der Waals surface area contributed by atoms with Crippen molar-refractivity contribution in [2.45, 2.75) is 0 Å². The van der Waals surface area contributed by atoms with Gasteiger partial charge in [0.1, 0.15) is 11.5 Å². The molecule has 5 rings (SSSR count). The molecule has 4 aromatic rings. The monoisotopic (exact) mass is 488 g/mol. The fourth-order valence-electron chi connectivity index (χ4n) is 3.33. The number of hydrogen-bond acceptors (Lipinski definition) is 8. The van der Waals surface area contributed by atoms with Gasteiger partial charge in [0.25, 0.3) is 11.6 Å². The minimum Gasteiger partial charge on any atom is -0.457 e. The minimum absolute atomic E-state index is 0.00727. The number of thiazole rings is 1. The highest BCUT2D eigenvalue weighted by molar-refractivity contribution is 8.18. The van der Waals surface area contributed by atoms with E-state index >= 15 is 0 Å². The maximum atomic E-state index is 13.0. The van der Waals surface area contributed by atoms with Crippen LogP contribution >= 0.6 is 23.1 Å². The highest BCUT2D eigenvalue weighted by Gasteiger charge is 2.33. The fraction of sp³-hybridized carbons (Fsp3) is 0.0417. The Labute approximate surface area is 202 Å². The summed E-state index contributed by atoms with van der Waals surface area (Å²) in [5, 5.41) is 12.0. The number of rotatable bonds is 6. The molecule has 1 saturated heterocycles. The van der Waals surface area contributed by atoms with Gasteiger partial charge >= 0.3 is 0 Å². The SMILES string of the molecule is C=CCN1C(=O)/C(=C/c2ccc(-c3ccc([N+](=O)[O-])cc3)o2)S/C1=N/c1nc2ccccc2s1. The van der Waals surface area contributed by atoms with E-state index in [1.807, 2.05) is 24.3 Å². The third-order valence-electron chi connectivity index (χ3n) is 4.94. The first-order valence-electron chi connectivity index (χ1n) is 10.1. The summed E-state index contributed by atoms with van der Waals surface area (Å²) in [5.41, 5.74) is 1.57. The Balaban J connectivity index is 1.42. The number of amides is 1. The van der Waals surface area contributed by atoms with Crippen molar-refractivity contribution in [2.24, 2.45) is 4.99 Å². The first-order valence-corrected chi connectivity index (χ1v) is 11.8. The number of para-hydroxylation sites is 1. The Morgan fingerprint density at radius 1 is 1.15 bits per heavy atom. The molecular weight excluding hydrogens is 472 g/mol. The van der Waals surface area contributed by atoms with Crippen LogP contribution in [0.1, 0.15) is 5.76 Å². The lowest BCUT2D eigenvalue weighted by Crippen LogP contribution is -2.29. The summed E-state index contributed by atoms with van der Waals surface area (Å²) in [5.74, 6) is 0.838. The number of carbonyl (C=O) groups is 1. The standard InChI is InChI=1S/C24H16N4O4S2/c1-2-13-27-22(29)21(34-24(27)26-23-25-18-5-3-4-6-20(18)33-23)14-17-11-12-19(32-17)15-7-9-16(10-8-15)28(30)31/h2-12,14H,1,13H2/b21-14-,26-24+. The van der Waals surface area contributed by atoms with Crippen molar-refractivity contribution in [1.29, 1.82) is 0 Å². The number of aliphatic imine (C=N–C) groups is 1. The minimum atomic E-state index is -0.451. The van der Waals surface area contributed by atoms with Crippen LogP contribution in [0.25, 0.3) is 27.6 Å². The van der Waals surface area contributed by atoms with Crippen LogP contribution in [0, 0.1) is 10.1 Å². The predicted octanol–water partition coefficient (Wildman–Crippen LogP) is 6.25. The van der Waals surface area contributed by atoms with Crippen molar-refractivity contribution in [3.63, 3.8) is 0 Å². The van der Waals surface area contributed by atoms with E-state index in [0.717, 1.165) is 10.2 Å². The third kappa shape index (κ3) is 4.28. The molecule has 0 atom stereocenters. The second-order valence-corrected chi connectivity index (χ2v) is 9.20. The Bertz CT molecular complexity index is 1450. The Morgan fingerprint density at radius 3 is 2.68 bits per heavy atom. The highest BCUT2D eigenvalue weighted by atomic mass is 32.2. The van der Waals surface area contributed by atoms with Crippen LogP contribution in [-0.2, 0) is 4.79 Å². The summed E-state index contributed by atoms with van der Waals surface area (Å²) in [4.78, 5) is 34.6. The Morgan fingerprint density at radius 2 is 1.94 bits per heavy atom. The number of nitro groups is 1. The summed E-state index contributed by atoms with van der Waals surface area (Å²) in [6.07, 6.45) is 3.31. The zero-order valence-electron chi connectivity index (χ0n) is 17.6. The number of hydrogen-bond donors (Lipinski definition) is 0. The number of carbonyl (C=O) groups excluding carboxylic acids is 1. The second-order valence-electron chi connectivity index (χ2n) is 7.18. The number of benzene rings is 2. The quantitative estimate of drug-likeness (QED) is 0.137. The maximum Gasteiger partial charge on any atom is 0.269 e. The van der Waals surface area contributed by atoms with E-state index in [0.29, 0.717) is 38.8 Å². The van der Waals surface area contributed by atoms with Crippen LogP contribution in [-0.4, -0.2) is 32.4 Å². The van der Waals surface area contributed by atoms with E-state index in [1.54, 1.807) is 41.3 Å². The molecule has 34 heavy (non-hydrogen) atoms. The fourth-order valence-corrected chi connectivity index (χ4v) is 5.20. The number of nitro benzene ring substituents is 1. The second kappa shape index (κ2) is 9.08. The number of amidine groups is 1. The van der Waals surface area contributed by atoms with Crippen molar-refractivity contribution in [3.05, 3.63) is 94.1 Å². The molecule has 8 nitrogen and oxygen atoms in total. The van der Waals surface area contributed by atoms with Gasteiger partial charge in [0.05, 0.1) is 20.0 Å². The number of nitrogens with zero attached hydrogens (tertiary/aromatic N) is 4. The number of furan rings is 1. The van der Waals surface area contributed by atoms with E-state index in [1.165, 1.54) is 35.2 Å². The summed E-state index contributed by atoms with van der Waals surface area (Å²) < 4.78 is 6.89. The highest BCUT2D eigenvalue weighted by Crippen LogP contribution is 2.36. The smallest absolute Gasteiger partial charge is 0.269 e. The van der Waals surface area contributed by atoms with Crippen molar-refractivity contribution >= 4 is 61.3 Å². The zero-order valence-corrected chi connectivity index (χ0v) is 19.2. The molecule has 0 N–H and O–H groups in total. The molecule has 1 aliphatic heterocycles. The lowest BCUT2D eigenvalue weighted by atomic mass is 10.1. The van der Waals surface area contributed by atoms with Crippen LogP contribution in [0.2, 0.25) is 0 Å². The molecule has 168 valence electrons. The van der Waals surface area contributed by atoms with Gasteiger partial charge in [0.15, 0.2) is 5.17 Å². The number of aromatic nitrogens is 1. The molecular formula is C24H16N4O4S2. The van der Waals surface area contributed by atoms with Gasteiger partial charge in [-0.15, -0.1) is 6.58 Å². The first kappa shape index (κ1) is 21.8. The van der Waals surface area contributed by atoms with Gasteiger partial charge in [-0.3, -0.25) is 19.8 Å². The van der Waals surface area contributed by atoms with Crippen LogP contribution < -0.4 is 0 Å². The molecule has 0 saturated carbocycles. The van der Waals surface area contributed by atoms with Gasteiger partial charge in [-0.1, -0.05) is 29.5 Å². The van der Waals surface area contributed by atoms with E-state index < -0.39 is 4.92 Å². The van der Waals surface area contributed by atoms with Gasteiger partial charge in [-0.2, -0.15) is 4.99 Å². The number of fused-ring (bicyclic) bond motifs is 1. The third-order valence-corrected chi connectivity index (χ3v) is 6.87. The molecule has 1 amide bonds. The van der Waals surface area contributed by atoms with Gasteiger partial charge in [-0.05, 0) is 48.2 Å². The lowest BCUT2D eigenvalue weighted by molar-refractivity contribution is -0.384. The topological polar surface area (TPSA) is 102 Å². The van der Waals surface area contributed by atoms with Crippen molar-refractivity contribution in [1.82, 2.24) is 9.88 Å². The molecule has 0 spiro atoms. The summed E-state index contributed by atoms with van der Waals surface area (Å²) in [6.45, 7) is 4.07. The molecule has 1 fully saturated rings. The van der Waals surface area contributed by atoms with E-state index in [4.69, 9.17) is 4.42 Å². The van der Waals surface area contributed by atoms with Crippen LogP contribution in [0.3, 0.4) is 0 Å². The van der Waals surface area contributed by atoms with Gasteiger partial charge in [-0.25, -0.2) is 4.98 Å².